The Labute approximate surface area is 116 Å². The highest BCUT2D eigenvalue weighted by molar-refractivity contribution is 7.98. The number of hydrogen-bond acceptors (Lipinski definition) is 4. The summed E-state index contributed by atoms with van der Waals surface area (Å²) in [6.07, 6.45) is 2.65. The molecule has 2 rings (SSSR count). The van der Waals surface area contributed by atoms with Gasteiger partial charge in [0.15, 0.2) is 0 Å². The number of aryl methyl sites for hydroxylation is 1. The molecule has 0 aliphatic carbocycles. The molecule has 0 fully saturated rings. The van der Waals surface area contributed by atoms with Crippen LogP contribution in [-0.2, 0) is 12.3 Å². The molecule has 0 spiro atoms. The van der Waals surface area contributed by atoms with Crippen LogP contribution < -0.4 is 5.73 Å². The van der Waals surface area contributed by atoms with Crippen LogP contribution in [0.3, 0.4) is 0 Å². The molecule has 0 bridgehead atoms. The Morgan fingerprint density at radius 1 is 1.44 bits per heavy atom. The number of nitrogen functional groups attached to an aromatic ring is 1. The molecule has 4 nitrogen and oxygen atoms in total. The quantitative estimate of drug-likeness (QED) is 0.676. The molecule has 0 atom stereocenters. The Kier molecular flexibility index (Phi) is 4.49. The minimum Gasteiger partial charge on any atom is -0.398 e. The van der Waals surface area contributed by atoms with Crippen molar-refractivity contribution in [3.8, 4) is 0 Å². The van der Waals surface area contributed by atoms with Crippen LogP contribution in [0.15, 0.2) is 29.4 Å². The summed E-state index contributed by atoms with van der Waals surface area (Å²) in [4.78, 5) is 5.35. The van der Waals surface area contributed by atoms with Crippen molar-refractivity contribution in [3.63, 3.8) is 0 Å². The van der Waals surface area contributed by atoms with Gasteiger partial charge in [-0.05, 0) is 24.6 Å². The summed E-state index contributed by atoms with van der Waals surface area (Å²) in [7, 11) is 0. The molecule has 18 heavy (non-hydrogen) atoms. The summed E-state index contributed by atoms with van der Waals surface area (Å²) >= 11 is 7.66. The number of nitrogens with zero attached hydrogens (tertiary/aromatic N) is 3. The summed E-state index contributed by atoms with van der Waals surface area (Å²) in [5.41, 5.74) is 6.28. The Morgan fingerprint density at radius 3 is 3.00 bits per heavy atom. The van der Waals surface area contributed by atoms with Gasteiger partial charge in [-0.2, -0.15) is 5.10 Å². The third-order valence-electron chi connectivity index (χ3n) is 2.47. The maximum atomic E-state index is 5.98. The largest absolute Gasteiger partial charge is 0.398 e. The molecule has 0 saturated heterocycles. The number of halogens is 1. The van der Waals surface area contributed by atoms with Gasteiger partial charge in [0.05, 0.1) is 16.5 Å². The molecular weight excluding hydrogens is 268 g/mol. The van der Waals surface area contributed by atoms with Gasteiger partial charge < -0.3 is 5.73 Å². The number of nitrogens with two attached hydrogens (primary N) is 1. The first kappa shape index (κ1) is 13.2. The molecule has 6 heteroatoms. The topological polar surface area (TPSA) is 56.7 Å². The number of aromatic nitrogens is 3. The van der Waals surface area contributed by atoms with Crippen molar-refractivity contribution in [1.82, 2.24) is 14.8 Å². The van der Waals surface area contributed by atoms with E-state index in [0.29, 0.717) is 10.7 Å². The van der Waals surface area contributed by atoms with Gasteiger partial charge in [-0.3, -0.25) is 0 Å². The van der Waals surface area contributed by atoms with Crippen LogP contribution in [0.25, 0.3) is 0 Å². The summed E-state index contributed by atoms with van der Waals surface area (Å²) in [5, 5.41) is 4.79. The Hall–Kier alpha value is -1.20. The van der Waals surface area contributed by atoms with Crippen LogP contribution in [0.5, 0.6) is 0 Å². The molecule has 1 aromatic carbocycles. The lowest BCUT2D eigenvalue weighted by Crippen LogP contribution is -2.04. The number of anilines is 1. The zero-order valence-corrected chi connectivity index (χ0v) is 11.7. The molecular formula is C12H15ClN4S. The first-order valence-electron chi connectivity index (χ1n) is 5.75. The van der Waals surface area contributed by atoms with Gasteiger partial charge in [0.2, 0.25) is 0 Å². The van der Waals surface area contributed by atoms with Gasteiger partial charge in [-0.15, -0.1) is 11.8 Å². The van der Waals surface area contributed by atoms with Crippen LogP contribution in [-0.4, -0.2) is 14.8 Å². The summed E-state index contributed by atoms with van der Waals surface area (Å²) in [6.45, 7) is 3.02. The van der Waals surface area contributed by atoms with Gasteiger partial charge in [-0.25, -0.2) is 9.67 Å². The molecule has 0 radical (unpaired) electrons. The van der Waals surface area contributed by atoms with E-state index >= 15 is 0 Å². The molecule has 0 saturated carbocycles. The van der Waals surface area contributed by atoms with Gasteiger partial charge in [-0.1, -0.05) is 18.5 Å². The molecule has 0 unspecified atom stereocenters. The first-order chi connectivity index (χ1) is 8.70. The average Bonchev–Trinajstić information content (AvgIpc) is 2.79. The highest BCUT2D eigenvalue weighted by Crippen LogP contribution is 2.28. The summed E-state index contributed by atoms with van der Waals surface area (Å²) in [5.74, 6) is 1.76. The Morgan fingerprint density at radius 2 is 2.28 bits per heavy atom. The molecule has 2 aromatic rings. The van der Waals surface area contributed by atoms with E-state index in [-0.39, 0.29) is 0 Å². The van der Waals surface area contributed by atoms with E-state index in [9.17, 15) is 0 Å². The lowest BCUT2D eigenvalue weighted by molar-refractivity contribution is 0.581. The molecule has 2 N–H and O–H groups in total. The zero-order chi connectivity index (χ0) is 13.0. The minimum atomic E-state index is 0.593. The molecule has 0 aliphatic heterocycles. The van der Waals surface area contributed by atoms with Gasteiger partial charge in [0.25, 0.3) is 0 Å². The van der Waals surface area contributed by atoms with Crippen LogP contribution in [0.1, 0.15) is 19.2 Å². The van der Waals surface area contributed by atoms with Crippen molar-refractivity contribution in [1.29, 1.82) is 0 Å². The van der Waals surface area contributed by atoms with Crippen LogP contribution in [0.2, 0.25) is 5.02 Å². The van der Waals surface area contributed by atoms with Crippen LogP contribution in [0, 0.1) is 0 Å². The fourth-order valence-electron chi connectivity index (χ4n) is 1.54. The van der Waals surface area contributed by atoms with Crippen molar-refractivity contribution in [2.75, 3.05) is 5.73 Å². The Balaban J connectivity index is 2.02. The normalized spacial score (nSPS) is 10.8. The lowest BCUT2D eigenvalue weighted by Gasteiger charge is -2.05. The first-order valence-corrected chi connectivity index (χ1v) is 7.11. The van der Waals surface area contributed by atoms with E-state index < -0.39 is 0 Å². The second-order valence-electron chi connectivity index (χ2n) is 3.87. The van der Waals surface area contributed by atoms with Gasteiger partial charge >= 0.3 is 0 Å². The zero-order valence-electron chi connectivity index (χ0n) is 10.1. The number of benzene rings is 1. The SMILES string of the molecule is CCCn1ncnc1CSc1ccc(N)c(Cl)c1. The van der Waals surface area contributed by atoms with Crippen LogP contribution in [0.4, 0.5) is 5.69 Å². The van der Waals surface area contributed by atoms with E-state index in [1.165, 1.54) is 0 Å². The van der Waals surface area contributed by atoms with Crippen molar-refractivity contribution >= 4 is 29.1 Å². The third kappa shape index (κ3) is 3.17. The summed E-state index contributed by atoms with van der Waals surface area (Å²) < 4.78 is 1.94. The van der Waals surface area contributed by atoms with E-state index in [0.717, 1.165) is 29.4 Å². The maximum Gasteiger partial charge on any atom is 0.138 e. The van der Waals surface area contributed by atoms with Crippen LogP contribution >= 0.6 is 23.4 Å². The fraction of sp³-hybridized carbons (Fsp3) is 0.333. The predicted octanol–water partition coefficient (Wildman–Crippen LogP) is 3.22. The maximum absolute atomic E-state index is 5.98. The highest BCUT2D eigenvalue weighted by Gasteiger charge is 2.05. The van der Waals surface area contributed by atoms with E-state index in [2.05, 4.69) is 17.0 Å². The number of hydrogen-bond donors (Lipinski definition) is 1. The van der Waals surface area contributed by atoms with Crippen molar-refractivity contribution < 1.29 is 0 Å². The average molecular weight is 283 g/mol. The van der Waals surface area contributed by atoms with Gasteiger partial charge in [0, 0.05) is 11.4 Å². The second kappa shape index (κ2) is 6.11. The Bertz CT molecular complexity index is 527. The highest BCUT2D eigenvalue weighted by atomic mass is 35.5. The number of thioether (sulfide) groups is 1. The van der Waals surface area contributed by atoms with Crippen molar-refractivity contribution in [2.24, 2.45) is 0 Å². The van der Waals surface area contributed by atoms with Crippen molar-refractivity contribution in [2.45, 2.75) is 30.5 Å². The third-order valence-corrected chi connectivity index (χ3v) is 3.79. The molecule has 1 aromatic heterocycles. The van der Waals surface area contributed by atoms with E-state index in [4.69, 9.17) is 17.3 Å². The minimum absolute atomic E-state index is 0.593. The smallest absolute Gasteiger partial charge is 0.138 e. The molecule has 0 aliphatic rings. The molecule has 1 heterocycles. The molecule has 96 valence electrons. The summed E-state index contributed by atoms with van der Waals surface area (Å²) in [6, 6.07) is 5.66. The van der Waals surface area contributed by atoms with E-state index in [1.54, 1.807) is 18.1 Å². The fourth-order valence-corrected chi connectivity index (χ4v) is 2.67. The number of rotatable bonds is 5. The monoisotopic (exact) mass is 282 g/mol. The van der Waals surface area contributed by atoms with Gasteiger partial charge in [0.1, 0.15) is 12.2 Å². The standard InChI is InChI=1S/C12H15ClN4S/c1-2-5-17-12(15-8-16-17)7-18-9-3-4-11(14)10(13)6-9/h3-4,6,8H,2,5,7,14H2,1H3. The van der Waals surface area contributed by atoms with E-state index in [1.807, 2.05) is 22.9 Å². The lowest BCUT2D eigenvalue weighted by atomic mass is 10.3. The van der Waals surface area contributed by atoms with Crippen molar-refractivity contribution in [3.05, 3.63) is 35.4 Å². The second-order valence-corrected chi connectivity index (χ2v) is 5.33. The molecule has 0 amide bonds. The predicted molar refractivity (Wildman–Crippen MR) is 75.7 cm³/mol.